The van der Waals surface area contributed by atoms with Crippen LogP contribution in [0.3, 0.4) is 0 Å². The Morgan fingerprint density at radius 1 is 1.06 bits per heavy atom. The number of hydrogen-bond acceptors (Lipinski definition) is 8. The number of H-pyrrole nitrogens is 1. The number of aromatic hydroxyl groups is 1. The Morgan fingerprint density at radius 3 is 2.33 bits per heavy atom. The van der Waals surface area contributed by atoms with Gasteiger partial charge in [-0.3, -0.25) is 14.4 Å². The van der Waals surface area contributed by atoms with Gasteiger partial charge in [0, 0.05) is 24.1 Å². The van der Waals surface area contributed by atoms with Gasteiger partial charge in [0.25, 0.3) is 0 Å². The van der Waals surface area contributed by atoms with Gasteiger partial charge in [0.2, 0.25) is 17.7 Å². The van der Waals surface area contributed by atoms with E-state index in [0.717, 1.165) is 5.56 Å². The summed E-state index contributed by atoms with van der Waals surface area (Å²) in [4.78, 5) is 55.0. The van der Waals surface area contributed by atoms with E-state index < -0.39 is 48.4 Å². The Bertz CT molecular complexity index is 952. The molecule has 3 atom stereocenters. The zero-order valence-electron chi connectivity index (χ0n) is 17.5. The average Bonchev–Trinajstić information content (AvgIpc) is 3.29. The lowest BCUT2D eigenvalue weighted by atomic mass is 10.1. The van der Waals surface area contributed by atoms with E-state index >= 15 is 0 Å². The zero-order valence-corrected chi connectivity index (χ0v) is 18.4. The number of phenols is 1. The molecule has 178 valence electrons. The van der Waals surface area contributed by atoms with Crippen LogP contribution in [0.5, 0.6) is 5.75 Å². The molecule has 0 spiro atoms. The highest BCUT2D eigenvalue weighted by Crippen LogP contribution is 2.10. The number of imidazole rings is 1. The van der Waals surface area contributed by atoms with Crippen LogP contribution in [-0.4, -0.2) is 74.3 Å². The first kappa shape index (κ1) is 25.7. The average molecular weight is 479 g/mol. The number of amides is 3. The molecule has 0 aliphatic heterocycles. The quantitative estimate of drug-likeness (QED) is 0.165. The van der Waals surface area contributed by atoms with Gasteiger partial charge in [-0.25, -0.2) is 9.78 Å². The van der Waals surface area contributed by atoms with Crippen LogP contribution in [0.25, 0.3) is 0 Å². The fraction of sp³-hybridized carbons (Fsp3) is 0.350. The van der Waals surface area contributed by atoms with Crippen LogP contribution in [0.4, 0.5) is 0 Å². The first-order chi connectivity index (χ1) is 15.7. The summed E-state index contributed by atoms with van der Waals surface area (Å²) in [6, 6.07) is 2.91. The number of nitrogens with one attached hydrogen (secondary N) is 4. The van der Waals surface area contributed by atoms with E-state index in [1.807, 2.05) is 0 Å². The van der Waals surface area contributed by atoms with Crippen LogP contribution in [0.15, 0.2) is 36.8 Å². The minimum absolute atomic E-state index is 0.0186. The summed E-state index contributed by atoms with van der Waals surface area (Å²) < 4.78 is 0. The van der Waals surface area contributed by atoms with Crippen molar-refractivity contribution in [3.8, 4) is 5.75 Å². The molecule has 8 N–H and O–H groups in total. The van der Waals surface area contributed by atoms with Gasteiger partial charge in [0.15, 0.2) is 0 Å². The third-order valence-corrected chi connectivity index (χ3v) is 4.94. The number of aromatic nitrogens is 2. The summed E-state index contributed by atoms with van der Waals surface area (Å²) >= 11 is 3.90. The number of carbonyl (C=O) groups is 4. The van der Waals surface area contributed by atoms with E-state index in [4.69, 9.17) is 10.8 Å². The topological polar surface area (TPSA) is 200 Å². The minimum atomic E-state index is -1.26. The van der Waals surface area contributed by atoms with Crippen molar-refractivity contribution in [1.29, 1.82) is 0 Å². The van der Waals surface area contributed by atoms with Crippen LogP contribution >= 0.6 is 12.6 Å². The molecule has 1 aromatic carbocycles. The number of aromatic amines is 1. The normalized spacial score (nSPS) is 13.4. The second kappa shape index (κ2) is 12.5. The number of thiol groups is 1. The van der Waals surface area contributed by atoms with Gasteiger partial charge in [-0.05, 0) is 24.1 Å². The van der Waals surface area contributed by atoms with Crippen molar-refractivity contribution in [3.63, 3.8) is 0 Å². The summed E-state index contributed by atoms with van der Waals surface area (Å²) in [5.41, 5.74) is 7.13. The number of phenolic OH excluding ortho intramolecular Hbond substituents is 1. The smallest absolute Gasteiger partial charge is 0.327 e. The molecule has 0 aliphatic rings. The second-order valence-corrected chi connectivity index (χ2v) is 7.54. The highest BCUT2D eigenvalue weighted by Gasteiger charge is 2.27. The Kier molecular flexibility index (Phi) is 9.69. The van der Waals surface area contributed by atoms with Crippen LogP contribution in [-0.2, 0) is 32.0 Å². The lowest BCUT2D eigenvalue weighted by Crippen LogP contribution is -2.55. The number of hydrogen-bond donors (Lipinski definition) is 8. The van der Waals surface area contributed by atoms with E-state index in [0.29, 0.717) is 5.69 Å². The van der Waals surface area contributed by atoms with E-state index in [-0.39, 0.29) is 24.3 Å². The molecule has 13 heteroatoms. The van der Waals surface area contributed by atoms with Gasteiger partial charge < -0.3 is 36.9 Å². The third-order valence-electron chi connectivity index (χ3n) is 4.58. The maximum absolute atomic E-state index is 12.6. The molecular formula is C20H26N6O6S. The number of benzene rings is 1. The molecule has 2 aromatic rings. The molecule has 3 unspecified atom stereocenters. The predicted molar refractivity (Wildman–Crippen MR) is 120 cm³/mol. The number of carboxylic acids is 1. The summed E-state index contributed by atoms with van der Waals surface area (Å²) in [6.07, 6.45) is 3.07. The summed E-state index contributed by atoms with van der Waals surface area (Å²) in [6.45, 7) is -0.441. The fourth-order valence-electron chi connectivity index (χ4n) is 2.81. The maximum atomic E-state index is 12.6. The number of nitrogens with two attached hydrogens (primary N) is 1. The summed E-state index contributed by atoms with van der Waals surface area (Å²) in [5, 5.41) is 25.6. The number of carbonyl (C=O) groups excluding carboxylic acids is 3. The molecular weight excluding hydrogens is 452 g/mol. The van der Waals surface area contributed by atoms with Crippen molar-refractivity contribution in [3.05, 3.63) is 48.0 Å². The van der Waals surface area contributed by atoms with Gasteiger partial charge in [-0.2, -0.15) is 12.6 Å². The van der Waals surface area contributed by atoms with Crippen LogP contribution < -0.4 is 21.7 Å². The summed E-state index contributed by atoms with van der Waals surface area (Å²) in [7, 11) is 0. The van der Waals surface area contributed by atoms with Gasteiger partial charge >= 0.3 is 5.97 Å². The van der Waals surface area contributed by atoms with E-state index in [2.05, 4.69) is 38.5 Å². The molecule has 12 nitrogen and oxygen atoms in total. The number of aliphatic carboxylic acids is 1. The zero-order chi connectivity index (χ0) is 24.4. The monoisotopic (exact) mass is 478 g/mol. The van der Waals surface area contributed by atoms with Crippen molar-refractivity contribution < 1.29 is 29.4 Å². The minimum Gasteiger partial charge on any atom is -0.508 e. The molecule has 2 rings (SSSR count). The van der Waals surface area contributed by atoms with Gasteiger partial charge in [-0.15, -0.1) is 0 Å². The predicted octanol–water partition coefficient (Wildman–Crippen LogP) is -1.67. The molecule has 3 amide bonds. The van der Waals surface area contributed by atoms with Gasteiger partial charge in [-0.1, -0.05) is 12.1 Å². The van der Waals surface area contributed by atoms with Gasteiger partial charge in [0.1, 0.15) is 17.8 Å². The highest BCUT2D eigenvalue weighted by molar-refractivity contribution is 7.80. The molecule has 0 aliphatic carbocycles. The van der Waals surface area contributed by atoms with Crippen molar-refractivity contribution in [2.45, 2.75) is 31.0 Å². The molecule has 0 fully saturated rings. The Labute approximate surface area is 194 Å². The molecule has 0 saturated carbocycles. The van der Waals surface area contributed by atoms with Crippen LogP contribution in [0.1, 0.15) is 11.3 Å². The maximum Gasteiger partial charge on any atom is 0.327 e. The van der Waals surface area contributed by atoms with Gasteiger partial charge in [0.05, 0.1) is 18.9 Å². The van der Waals surface area contributed by atoms with E-state index in [1.165, 1.54) is 24.7 Å². The van der Waals surface area contributed by atoms with Crippen molar-refractivity contribution in [2.24, 2.45) is 5.73 Å². The lowest BCUT2D eigenvalue weighted by Gasteiger charge is -2.20. The molecule has 1 aromatic heterocycles. The van der Waals surface area contributed by atoms with E-state index in [1.54, 1.807) is 12.1 Å². The first-order valence-electron chi connectivity index (χ1n) is 9.91. The Morgan fingerprint density at radius 2 is 1.76 bits per heavy atom. The Hall–Kier alpha value is -3.58. The lowest BCUT2D eigenvalue weighted by molar-refractivity contribution is -0.141. The number of carboxylic acid groups (broad SMARTS) is 1. The fourth-order valence-corrected chi connectivity index (χ4v) is 3.05. The van der Waals surface area contributed by atoms with Crippen molar-refractivity contribution in [1.82, 2.24) is 25.9 Å². The third kappa shape index (κ3) is 8.46. The molecule has 0 saturated heterocycles. The molecule has 0 radical (unpaired) electrons. The number of rotatable bonds is 12. The largest absolute Gasteiger partial charge is 0.508 e. The highest BCUT2D eigenvalue weighted by atomic mass is 32.1. The van der Waals surface area contributed by atoms with Crippen molar-refractivity contribution in [2.75, 3.05) is 12.3 Å². The molecule has 33 heavy (non-hydrogen) atoms. The standard InChI is InChI=1S/C20H26N6O6S/c21-14(5-11-1-3-13(27)4-2-11)18(29)23-8-17(28)25-15(6-12-7-22-10-24-12)19(30)26-16(9-33)20(31)32/h1-4,7,10,14-16,27,33H,5-6,8-9,21H2,(H,22,24)(H,23,29)(H,25,28)(H,26,30)(H,31,32). The summed E-state index contributed by atoms with van der Waals surface area (Å²) in [5.74, 6) is -3.28. The van der Waals surface area contributed by atoms with Crippen LogP contribution in [0, 0.1) is 0 Å². The first-order valence-corrected chi connectivity index (χ1v) is 10.5. The Balaban J connectivity index is 1.92. The molecule has 1 heterocycles. The van der Waals surface area contributed by atoms with Crippen molar-refractivity contribution >= 4 is 36.3 Å². The SMILES string of the molecule is NC(Cc1ccc(O)cc1)C(=O)NCC(=O)NC(Cc1cnc[nH]1)C(=O)NC(CS)C(=O)O. The molecule has 0 bridgehead atoms. The van der Waals surface area contributed by atoms with E-state index in [9.17, 15) is 24.3 Å². The number of nitrogens with zero attached hydrogens (tertiary/aromatic N) is 1. The van der Waals surface area contributed by atoms with Crippen LogP contribution in [0.2, 0.25) is 0 Å². The second-order valence-electron chi connectivity index (χ2n) is 7.18.